The number of carbonyl (C=O) groups excluding carboxylic acids is 1. The molecule has 0 aromatic heterocycles. The van der Waals surface area contributed by atoms with Gasteiger partial charge in [-0.1, -0.05) is 24.6 Å². The van der Waals surface area contributed by atoms with Crippen LogP contribution in [0.5, 0.6) is 0 Å². The van der Waals surface area contributed by atoms with Crippen LogP contribution < -0.4 is 0 Å². The van der Waals surface area contributed by atoms with Crippen molar-refractivity contribution in [3.8, 4) is 0 Å². The fourth-order valence-corrected chi connectivity index (χ4v) is 1.50. The lowest BCUT2D eigenvalue weighted by atomic mass is 10.1. The molecule has 12 heavy (non-hydrogen) atoms. The summed E-state index contributed by atoms with van der Waals surface area (Å²) < 4.78 is 0. The zero-order valence-corrected chi connectivity index (χ0v) is 8.32. The van der Waals surface area contributed by atoms with E-state index in [1.54, 1.807) is 12.1 Å². The molecule has 1 nitrogen and oxygen atoms in total. The van der Waals surface area contributed by atoms with Crippen molar-refractivity contribution >= 4 is 29.3 Å². The lowest BCUT2D eigenvalue weighted by molar-refractivity contribution is 0.109. The van der Waals surface area contributed by atoms with Gasteiger partial charge >= 0.3 is 0 Å². The highest BCUT2D eigenvalue weighted by Gasteiger charge is 2.05. The first kappa shape index (κ1) is 9.62. The zero-order chi connectivity index (χ0) is 9.14. The fraction of sp³-hybridized carbons (Fsp3) is 0.222. The first-order valence-electron chi connectivity index (χ1n) is 3.67. The van der Waals surface area contributed by atoms with Gasteiger partial charge in [0.05, 0.1) is 5.02 Å². The van der Waals surface area contributed by atoms with Gasteiger partial charge in [-0.05, 0) is 24.1 Å². The Bertz CT molecular complexity index is 309. The van der Waals surface area contributed by atoms with Gasteiger partial charge in [0.25, 0.3) is 0 Å². The average molecular weight is 201 g/mol. The number of hydrogen-bond acceptors (Lipinski definition) is 1. The molecule has 0 saturated carbocycles. The lowest BCUT2D eigenvalue weighted by Gasteiger charge is -2.01. The van der Waals surface area contributed by atoms with Gasteiger partial charge in [-0.25, -0.2) is 0 Å². The largest absolute Gasteiger partial charge is 0.282 e. The van der Waals surface area contributed by atoms with Crippen LogP contribution in [0.1, 0.15) is 22.8 Å². The maximum absolute atomic E-state index is 10.8. The molecule has 0 unspecified atom stereocenters. The summed E-state index contributed by atoms with van der Waals surface area (Å²) in [4.78, 5) is 10.8. The van der Waals surface area contributed by atoms with Crippen molar-refractivity contribution in [3.63, 3.8) is 0 Å². The number of benzene rings is 1. The molecule has 1 rings (SSSR count). The minimum absolute atomic E-state index is 0.289. The topological polar surface area (TPSA) is 17.1 Å². The van der Waals surface area contributed by atoms with E-state index >= 15 is 0 Å². The van der Waals surface area contributed by atoms with E-state index in [0.717, 1.165) is 12.0 Å². The highest BCUT2D eigenvalue weighted by molar-refractivity contribution is 7.97. The van der Waals surface area contributed by atoms with Gasteiger partial charge in [-0.2, -0.15) is 0 Å². The van der Waals surface area contributed by atoms with Gasteiger partial charge in [-0.3, -0.25) is 4.79 Å². The SMILES string of the molecule is CCc1ccc(C(=O)S)c(Cl)c1. The Morgan fingerprint density at radius 3 is 2.67 bits per heavy atom. The highest BCUT2D eigenvalue weighted by atomic mass is 35.5. The monoisotopic (exact) mass is 200 g/mol. The van der Waals surface area contributed by atoms with Gasteiger partial charge in [0.2, 0.25) is 5.12 Å². The molecule has 0 spiro atoms. The summed E-state index contributed by atoms with van der Waals surface area (Å²) in [6.07, 6.45) is 0.917. The average Bonchev–Trinajstić information content (AvgIpc) is 2.03. The molecule has 0 fully saturated rings. The second-order valence-corrected chi connectivity index (χ2v) is 3.29. The normalized spacial score (nSPS) is 9.92. The molecule has 0 aliphatic carbocycles. The maximum Gasteiger partial charge on any atom is 0.217 e. The van der Waals surface area contributed by atoms with Gasteiger partial charge in [-0.15, -0.1) is 12.6 Å². The van der Waals surface area contributed by atoms with Gasteiger partial charge in [0.1, 0.15) is 0 Å². The molecular weight excluding hydrogens is 192 g/mol. The van der Waals surface area contributed by atoms with Crippen LogP contribution in [0.4, 0.5) is 0 Å². The molecule has 0 N–H and O–H groups in total. The van der Waals surface area contributed by atoms with Crippen LogP contribution in [-0.4, -0.2) is 5.12 Å². The lowest BCUT2D eigenvalue weighted by Crippen LogP contribution is -1.91. The van der Waals surface area contributed by atoms with Crippen molar-refractivity contribution in [2.45, 2.75) is 13.3 Å². The molecule has 0 atom stereocenters. The van der Waals surface area contributed by atoms with Gasteiger partial charge in [0.15, 0.2) is 0 Å². The molecule has 1 aromatic carbocycles. The third-order valence-corrected chi connectivity index (χ3v) is 2.23. The molecule has 3 heteroatoms. The predicted molar refractivity (Wildman–Crippen MR) is 54.1 cm³/mol. The minimum atomic E-state index is -0.289. The van der Waals surface area contributed by atoms with E-state index in [4.69, 9.17) is 11.6 Å². The minimum Gasteiger partial charge on any atom is -0.282 e. The van der Waals surface area contributed by atoms with Gasteiger partial charge < -0.3 is 0 Å². The number of aryl methyl sites for hydroxylation is 1. The number of carbonyl (C=O) groups is 1. The quantitative estimate of drug-likeness (QED) is 0.727. The second kappa shape index (κ2) is 3.97. The second-order valence-electron chi connectivity index (χ2n) is 2.47. The number of hydrogen-bond donors (Lipinski definition) is 1. The maximum atomic E-state index is 10.8. The Hall–Kier alpha value is -0.470. The Labute approximate surface area is 82.1 Å². The van der Waals surface area contributed by atoms with Crippen molar-refractivity contribution in [3.05, 3.63) is 34.3 Å². The molecule has 0 aliphatic rings. The van der Waals surface area contributed by atoms with Crippen molar-refractivity contribution in [1.29, 1.82) is 0 Å². The first-order valence-corrected chi connectivity index (χ1v) is 4.49. The summed E-state index contributed by atoms with van der Waals surface area (Å²) in [6, 6.07) is 5.39. The third kappa shape index (κ3) is 2.02. The molecule has 0 radical (unpaired) electrons. The Balaban J connectivity index is 3.12. The molecule has 0 aliphatic heterocycles. The van der Waals surface area contributed by atoms with Crippen molar-refractivity contribution in [1.82, 2.24) is 0 Å². The van der Waals surface area contributed by atoms with E-state index in [1.807, 2.05) is 13.0 Å². The van der Waals surface area contributed by atoms with E-state index in [-0.39, 0.29) is 5.12 Å². The highest BCUT2D eigenvalue weighted by Crippen LogP contribution is 2.19. The number of halogens is 1. The Morgan fingerprint density at radius 2 is 2.25 bits per heavy atom. The van der Waals surface area contributed by atoms with Gasteiger partial charge in [0, 0.05) is 5.56 Å². The molecule has 64 valence electrons. The summed E-state index contributed by atoms with van der Waals surface area (Å²) in [5.41, 5.74) is 1.59. The van der Waals surface area contributed by atoms with E-state index in [2.05, 4.69) is 12.6 Å². The van der Waals surface area contributed by atoms with E-state index < -0.39 is 0 Å². The van der Waals surface area contributed by atoms with Crippen LogP contribution in [0.3, 0.4) is 0 Å². The predicted octanol–water partition coefficient (Wildman–Crippen LogP) is 2.97. The summed E-state index contributed by atoms with van der Waals surface area (Å²) in [5, 5.41) is 0.192. The summed E-state index contributed by atoms with van der Waals surface area (Å²) in [6.45, 7) is 2.04. The summed E-state index contributed by atoms with van der Waals surface area (Å²) >= 11 is 9.53. The third-order valence-electron chi connectivity index (χ3n) is 1.67. The Kier molecular flexibility index (Phi) is 3.18. The summed E-state index contributed by atoms with van der Waals surface area (Å²) in [5.74, 6) is 0. The molecule has 0 saturated heterocycles. The molecule has 0 bridgehead atoms. The van der Waals surface area contributed by atoms with Crippen molar-refractivity contribution < 1.29 is 4.79 Å². The van der Waals surface area contributed by atoms with Crippen LogP contribution in [-0.2, 0) is 6.42 Å². The Morgan fingerprint density at radius 1 is 1.58 bits per heavy atom. The van der Waals surface area contributed by atoms with Crippen LogP contribution >= 0.6 is 24.2 Å². The van der Waals surface area contributed by atoms with Crippen LogP contribution in [0.2, 0.25) is 5.02 Å². The molecule has 0 heterocycles. The van der Waals surface area contributed by atoms with E-state index in [9.17, 15) is 4.79 Å². The van der Waals surface area contributed by atoms with Crippen molar-refractivity contribution in [2.24, 2.45) is 0 Å². The zero-order valence-electron chi connectivity index (χ0n) is 6.67. The van der Waals surface area contributed by atoms with Crippen molar-refractivity contribution in [2.75, 3.05) is 0 Å². The molecule has 0 amide bonds. The van der Waals surface area contributed by atoms with Crippen LogP contribution in [0.15, 0.2) is 18.2 Å². The standard InChI is InChI=1S/C9H9ClOS/c1-2-6-3-4-7(9(11)12)8(10)5-6/h3-5H,2H2,1H3,(H,11,12). The number of thiol groups is 1. The van der Waals surface area contributed by atoms with E-state index in [1.165, 1.54) is 0 Å². The first-order chi connectivity index (χ1) is 5.65. The van der Waals surface area contributed by atoms with Crippen LogP contribution in [0, 0.1) is 0 Å². The number of rotatable bonds is 2. The van der Waals surface area contributed by atoms with E-state index in [0.29, 0.717) is 10.6 Å². The van der Waals surface area contributed by atoms with Crippen LogP contribution in [0.25, 0.3) is 0 Å². The summed E-state index contributed by atoms with van der Waals surface area (Å²) in [7, 11) is 0. The molecule has 1 aromatic rings. The fourth-order valence-electron chi connectivity index (χ4n) is 0.952. The molecular formula is C9H9ClOS. The smallest absolute Gasteiger partial charge is 0.217 e.